The summed E-state index contributed by atoms with van der Waals surface area (Å²) < 4.78 is 2.31. The van der Waals surface area contributed by atoms with Gasteiger partial charge in [0.15, 0.2) is 0 Å². The van der Waals surface area contributed by atoms with Gasteiger partial charge in [0.2, 0.25) is 0 Å². The molecule has 2 nitrogen and oxygen atoms in total. The summed E-state index contributed by atoms with van der Waals surface area (Å²) in [6.07, 6.45) is 4.68. The van der Waals surface area contributed by atoms with Crippen LogP contribution >= 0.6 is 12.2 Å². The Balaban J connectivity index is 2.49. The average molecular weight is 209 g/mol. The fourth-order valence-electron chi connectivity index (χ4n) is 1.08. The molecule has 1 atom stereocenters. The maximum absolute atomic E-state index is 5.52. The lowest BCUT2D eigenvalue weighted by atomic mass is 10.1. The third-order valence-electron chi connectivity index (χ3n) is 1.86. The molecule has 0 aliphatic rings. The van der Waals surface area contributed by atoms with E-state index in [2.05, 4.69) is 13.5 Å². The van der Waals surface area contributed by atoms with E-state index in [4.69, 9.17) is 17.1 Å². The summed E-state index contributed by atoms with van der Waals surface area (Å²) in [5, 5.41) is 0. The van der Waals surface area contributed by atoms with Gasteiger partial charge in [-0.1, -0.05) is 31.3 Å². The molecule has 0 saturated carbocycles. The molecule has 14 heavy (non-hydrogen) atoms. The van der Waals surface area contributed by atoms with E-state index >= 15 is 0 Å². The molecule has 76 valence electrons. The Bertz CT molecular complexity index is 345. The van der Waals surface area contributed by atoms with Crippen LogP contribution in [0.2, 0.25) is 0 Å². The van der Waals surface area contributed by atoms with Crippen LogP contribution in [0.3, 0.4) is 0 Å². The van der Waals surface area contributed by atoms with E-state index in [1.165, 1.54) is 0 Å². The first-order valence-electron chi connectivity index (χ1n) is 4.66. The molecule has 1 aromatic heterocycles. The van der Waals surface area contributed by atoms with Crippen molar-refractivity contribution in [2.24, 2.45) is 5.92 Å². The standard InChI is InChI=1S/C11H15NOS/c1-3-6-10(2)9-13-12-8-5-4-7-11(12)14/h3-5,7-8,10H,1,6,9H2,2H3. The van der Waals surface area contributed by atoms with Gasteiger partial charge in [0.05, 0.1) is 0 Å². The van der Waals surface area contributed by atoms with Crippen LogP contribution in [0.25, 0.3) is 0 Å². The molecule has 0 radical (unpaired) electrons. The monoisotopic (exact) mass is 209 g/mol. The van der Waals surface area contributed by atoms with E-state index in [0.717, 1.165) is 6.42 Å². The lowest BCUT2D eigenvalue weighted by Gasteiger charge is -2.12. The SMILES string of the molecule is C=CCC(C)COn1ccccc1=S. The average Bonchev–Trinajstić information content (AvgIpc) is 2.17. The number of aromatic nitrogens is 1. The Morgan fingerprint density at radius 3 is 3.07 bits per heavy atom. The summed E-state index contributed by atoms with van der Waals surface area (Å²) in [5.41, 5.74) is 0. The van der Waals surface area contributed by atoms with Crippen molar-refractivity contribution in [3.63, 3.8) is 0 Å². The first-order valence-corrected chi connectivity index (χ1v) is 5.06. The van der Waals surface area contributed by atoms with E-state index in [1.54, 1.807) is 4.73 Å². The van der Waals surface area contributed by atoms with E-state index in [9.17, 15) is 0 Å². The van der Waals surface area contributed by atoms with E-state index in [1.807, 2.05) is 30.5 Å². The largest absolute Gasteiger partial charge is 0.413 e. The summed E-state index contributed by atoms with van der Waals surface area (Å²) in [6, 6.07) is 5.64. The molecular weight excluding hydrogens is 194 g/mol. The third-order valence-corrected chi connectivity index (χ3v) is 2.17. The Kier molecular flexibility index (Phi) is 4.40. The smallest absolute Gasteiger partial charge is 0.142 e. The van der Waals surface area contributed by atoms with Gasteiger partial charge in [-0.2, -0.15) is 4.73 Å². The lowest BCUT2D eigenvalue weighted by Crippen LogP contribution is -2.18. The van der Waals surface area contributed by atoms with E-state index in [0.29, 0.717) is 17.2 Å². The summed E-state index contributed by atoms with van der Waals surface area (Å²) in [5.74, 6) is 0.467. The van der Waals surface area contributed by atoms with Gasteiger partial charge in [-0.3, -0.25) is 0 Å². The van der Waals surface area contributed by atoms with Crippen LogP contribution in [0.1, 0.15) is 13.3 Å². The molecule has 0 amide bonds. The highest BCUT2D eigenvalue weighted by atomic mass is 32.1. The molecule has 0 spiro atoms. The maximum Gasteiger partial charge on any atom is 0.142 e. The number of rotatable bonds is 5. The topological polar surface area (TPSA) is 14.2 Å². The molecular formula is C11H15NOS. The van der Waals surface area contributed by atoms with Crippen molar-refractivity contribution >= 4 is 12.2 Å². The second-order valence-corrected chi connectivity index (χ2v) is 3.71. The molecule has 0 aliphatic carbocycles. The predicted octanol–water partition coefficient (Wildman–Crippen LogP) is 2.86. The van der Waals surface area contributed by atoms with Gasteiger partial charge in [-0.25, -0.2) is 0 Å². The number of nitrogens with zero attached hydrogens (tertiary/aromatic N) is 1. The normalized spacial score (nSPS) is 12.1. The van der Waals surface area contributed by atoms with Gasteiger partial charge >= 0.3 is 0 Å². The zero-order valence-electron chi connectivity index (χ0n) is 8.35. The maximum atomic E-state index is 5.52. The molecule has 0 aliphatic heterocycles. The molecule has 0 bridgehead atoms. The summed E-state index contributed by atoms with van der Waals surface area (Å²) in [7, 11) is 0. The first kappa shape index (κ1) is 11.0. The quantitative estimate of drug-likeness (QED) is 0.547. The first-order chi connectivity index (χ1) is 6.74. The van der Waals surface area contributed by atoms with E-state index in [-0.39, 0.29) is 0 Å². The van der Waals surface area contributed by atoms with E-state index < -0.39 is 0 Å². The number of hydrogen-bond donors (Lipinski definition) is 0. The van der Waals surface area contributed by atoms with Crippen LogP contribution in [-0.2, 0) is 0 Å². The minimum atomic E-state index is 0.467. The van der Waals surface area contributed by atoms with Crippen molar-refractivity contribution in [3.05, 3.63) is 41.7 Å². The third kappa shape index (κ3) is 3.34. The predicted molar refractivity (Wildman–Crippen MR) is 60.7 cm³/mol. The Labute approximate surface area is 89.8 Å². The Morgan fingerprint density at radius 2 is 2.43 bits per heavy atom. The Hall–Kier alpha value is -1.09. The number of allylic oxidation sites excluding steroid dienone is 1. The molecule has 0 aromatic carbocycles. The summed E-state index contributed by atoms with van der Waals surface area (Å²) in [4.78, 5) is 5.52. The van der Waals surface area contributed by atoms with Gasteiger partial charge in [0.25, 0.3) is 0 Å². The number of pyridine rings is 1. The summed E-state index contributed by atoms with van der Waals surface area (Å²) >= 11 is 5.09. The highest BCUT2D eigenvalue weighted by molar-refractivity contribution is 7.71. The molecule has 0 N–H and O–H groups in total. The second kappa shape index (κ2) is 5.60. The Morgan fingerprint density at radius 1 is 1.64 bits per heavy atom. The summed E-state index contributed by atoms with van der Waals surface area (Å²) in [6.45, 7) is 6.47. The second-order valence-electron chi connectivity index (χ2n) is 3.29. The fraction of sp³-hybridized carbons (Fsp3) is 0.364. The van der Waals surface area contributed by atoms with Gasteiger partial charge in [-0.05, 0) is 24.5 Å². The van der Waals surface area contributed by atoms with Crippen LogP contribution in [0, 0.1) is 10.6 Å². The number of hydrogen-bond acceptors (Lipinski definition) is 2. The molecule has 0 saturated heterocycles. The minimum absolute atomic E-state index is 0.467. The zero-order chi connectivity index (χ0) is 10.4. The van der Waals surface area contributed by atoms with Crippen molar-refractivity contribution in [2.45, 2.75) is 13.3 Å². The molecule has 0 fully saturated rings. The van der Waals surface area contributed by atoms with Crippen molar-refractivity contribution < 1.29 is 4.84 Å². The molecule has 1 unspecified atom stereocenters. The molecule has 1 aromatic rings. The van der Waals surface area contributed by atoms with Gasteiger partial charge in [-0.15, -0.1) is 6.58 Å². The van der Waals surface area contributed by atoms with Crippen molar-refractivity contribution in [2.75, 3.05) is 6.61 Å². The van der Waals surface area contributed by atoms with Crippen LogP contribution < -0.4 is 4.84 Å². The van der Waals surface area contributed by atoms with Crippen molar-refractivity contribution in [1.29, 1.82) is 0 Å². The highest BCUT2D eigenvalue weighted by Gasteiger charge is 2.00. The zero-order valence-corrected chi connectivity index (χ0v) is 9.17. The molecule has 1 heterocycles. The fourth-order valence-corrected chi connectivity index (χ4v) is 1.27. The molecule has 1 rings (SSSR count). The van der Waals surface area contributed by atoms with Crippen LogP contribution in [0.15, 0.2) is 37.1 Å². The van der Waals surface area contributed by atoms with Crippen LogP contribution in [0.4, 0.5) is 0 Å². The minimum Gasteiger partial charge on any atom is -0.413 e. The van der Waals surface area contributed by atoms with Crippen molar-refractivity contribution in [1.82, 2.24) is 4.73 Å². The van der Waals surface area contributed by atoms with Crippen LogP contribution in [0.5, 0.6) is 0 Å². The van der Waals surface area contributed by atoms with Crippen LogP contribution in [-0.4, -0.2) is 11.3 Å². The van der Waals surface area contributed by atoms with Crippen molar-refractivity contribution in [3.8, 4) is 0 Å². The van der Waals surface area contributed by atoms with Gasteiger partial charge < -0.3 is 4.84 Å². The van der Waals surface area contributed by atoms with Gasteiger partial charge in [0.1, 0.15) is 11.2 Å². The lowest BCUT2D eigenvalue weighted by molar-refractivity contribution is 0.0814. The van der Waals surface area contributed by atoms with Gasteiger partial charge in [0, 0.05) is 6.20 Å². The molecule has 3 heteroatoms. The highest BCUT2D eigenvalue weighted by Crippen LogP contribution is 2.01.